The molecule has 1 N–H and O–H groups in total. The SMILES string of the molecule is C=CCOc1cccc2c1NC(c1c(Cl)cccc1Cl)C1CC=CC21. The van der Waals surface area contributed by atoms with Crippen LogP contribution in [0.5, 0.6) is 5.75 Å². The van der Waals surface area contributed by atoms with Gasteiger partial charge >= 0.3 is 0 Å². The van der Waals surface area contributed by atoms with E-state index in [1.807, 2.05) is 30.3 Å². The van der Waals surface area contributed by atoms with Gasteiger partial charge < -0.3 is 10.1 Å². The number of halogens is 2. The van der Waals surface area contributed by atoms with Crippen LogP contribution in [0.15, 0.2) is 61.2 Å². The molecule has 4 heteroatoms. The lowest BCUT2D eigenvalue weighted by Crippen LogP contribution is -2.29. The molecular formula is C21H19Cl2NO. The average molecular weight is 372 g/mol. The van der Waals surface area contributed by atoms with Crippen LogP contribution in [-0.2, 0) is 0 Å². The van der Waals surface area contributed by atoms with Crippen LogP contribution < -0.4 is 10.1 Å². The minimum absolute atomic E-state index is 0.0437. The maximum atomic E-state index is 6.51. The second kappa shape index (κ2) is 6.78. The van der Waals surface area contributed by atoms with E-state index in [9.17, 15) is 0 Å². The van der Waals surface area contributed by atoms with Gasteiger partial charge in [0.15, 0.2) is 0 Å². The van der Waals surface area contributed by atoms with E-state index in [0.717, 1.165) is 23.4 Å². The predicted molar refractivity (Wildman–Crippen MR) is 105 cm³/mol. The van der Waals surface area contributed by atoms with Gasteiger partial charge in [0.1, 0.15) is 12.4 Å². The number of rotatable bonds is 4. The number of hydrogen-bond acceptors (Lipinski definition) is 2. The van der Waals surface area contributed by atoms with Gasteiger partial charge in [0.05, 0.1) is 11.7 Å². The number of nitrogens with one attached hydrogen (secondary N) is 1. The molecule has 0 amide bonds. The highest BCUT2D eigenvalue weighted by Gasteiger charge is 2.40. The van der Waals surface area contributed by atoms with Crippen LogP contribution in [0.2, 0.25) is 10.0 Å². The molecule has 0 radical (unpaired) electrons. The topological polar surface area (TPSA) is 21.3 Å². The monoisotopic (exact) mass is 371 g/mol. The zero-order valence-corrected chi connectivity index (χ0v) is 15.2. The van der Waals surface area contributed by atoms with Crippen molar-refractivity contribution in [1.82, 2.24) is 0 Å². The Morgan fingerprint density at radius 2 is 1.92 bits per heavy atom. The Bertz CT molecular complexity index is 826. The highest BCUT2D eigenvalue weighted by Crippen LogP contribution is 2.53. The third kappa shape index (κ3) is 2.84. The quantitative estimate of drug-likeness (QED) is 0.629. The molecule has 0 saturated carbocycles. The lowest BCUT2D eigenvalue weighted by atomic mass is 9.77. The number of anilines is 1. The molecule has 1 aliphatic heterocycles. The van der Waals surface area contributed by atoms with E-state index in [2.05, 4.69) is 30.1 Å². The number of fused-ring (bicyclic) bond motifs is 3. The molecule has 0 saturated heterocycles. The lowest BCUT2D eigenvalue weighted by molar-refractivity contribution is 0.358. The number of hydrogen-bond donors (Lipinski definition) is 1. The molecule has 0 spiro atoms. The van der Waals surface area contributed by atoms with Gasteiger partial charge in [0, 0.05) is 21.5 Å². The Kier molecular flexibility index (Phi) is 4.49. The van der Waals surface area contributed by atoms with Gasteiger partial charge in [0.25, 0.3) is 0 Å². The van der Waals surface area contributed by atoms with Gasteiger partial charge in [-0.15, -0.1) is 0 Å². The zero-order chi connectivity index (χ0) is 17.4. The highest BCUT2D eigenvalue weighted by molar-refractivity contribution is 6.36. The average Bonchev–Trinajstić information content (AvgIpc) is 3.10. The minimum Gasteiger partial charge on any atom is -0.487 e. The van der Waals surface area contributed by atoms with Crippen LogP contribution >= 0.6 is 23.2 Å². The van der Waals surface area contributed by atoms with Crippen molar-refractivity contribution in [1.29, 1.82) is 0 Å². The highest BCUT2D eigenvalue weighted by atomic mass is 35.5. The van der Waals surface area contributed by atoms with Crippen LogP contribution in [0.25, 0.3) is 0 Å². The van der Waals surface area contributed by atoms with E-state index in [1.165, 1.54) is 5.56 Å². The van der Waals surface area contributed by atoms with Crippen LogP contribution in [0.1, 0.15) is 29.5 Å². The molecule has 0 fully saturated rings. The van der Waals surface area contributed by atoms with Gasteiger partial charge in [-0.3, -0.25) is 0 Å². The minimum atomic E-state index is 0.0437. The van der Waals surface area contributed by atoms with E-state index < -0.39 is 0 Å². The Labute approximate surface area is 158 Å². The summed E-state index contributed by atoms with van der Waals surface area (Å²) >= 11 is 13.0. The zero-order valence-electron chi connectivity index (χ0n) is 13.7. The molecule has 2 nitrogen and oxygen atoms in total. The first kappa shape index (κ1) is 16.6. The first-order valence-electron chi connectivity index (χ1n) is 8.44. The summed E-state index contributed by atoms with van der Waals surface area (Å²) in [5, 5.41) is 5.07. The van der Waals surface area contributed by atoms with Crippen LogP contribution in [-0.4, -0.2) is 6.61 Å². The van der Waals surface area contributed by atoms with Crippen LogP contribution in [0.3, 0.4) is 0 Å². The van der Waals surface area contributed by atoms with Crippen molar-refractivity contribution in [3.05, 3.63) is 82.4 Å². The normalized spacial score (nSPS) is 23.5. The molecule has 0 aromatic heterocycles. The molecule has 1 heterocycles. The van der Waals surface area contributed by atoms with Gasteiger partial charge in [-0.25, -0.2) is 0 Å². The molecule has 2 aromatic carbocycles. The van der Waals surface area contributed by atoms with Gasteiger partial charge in [-0.05, 0) is 36.1 Å². The first-order valence-corrected chi connectivity index (χ1v) is 9.20. The van der Waals surface area contributed by atoms with Crippen molar-refractivity contribution < 1.29 is 4.74 Å². The second-order valence-electron chi connectivity index (χ2n) is 6.43. The van der Waals surface area contributed by atoms with Crippen LogP contribution in [0.4, 0.5) is 5.69 Å². The summed E-state index contributed by atoms with van der Waals surface area (Å²) in [6.07, 6.45) is 7.30. The fraction of sp³-hybridized carbons (Fsp3) is 0.238. The molecule has 1 aliphatic carbocycles. The van der Waals surface area contributed by atoms with Crippen molar-refractivity contribution in [2.75, 3.05) is 11.9 Å². The van der Waals surface area contributed by atoms with Crippen molar-refractivity contribution in [3.8, 4) is 5.75 Å². The summed E-state index contributed by atoms with van der Waals surface area (Å²) in [7, 11) is 0. The molecular weight excluding hydrogens is 353 g/mol. The summed E-state index contributed by atoms with van der Waals surface area (Å²) in [5.41, 5.74) is 3.26. The maximum Gasteiger partial charge on any atom is 0.143 e. The Hall–Kier alpha value is -1.90. The molecule has 3 unspecified atom stereocenters. The van der Waals surface area contributed by atoms with E-state index in [0.29, 0.717) is 28.5 Å². The van der Waals surface area contributed by atoms with E-state index >= 15 is 0 Å². The number of benzene rings is 2. The third-order valence-corrected chi connectivity index (χ3v) is 5.69. The third-order valence-electron chi connectivity index (χ3n) is 5.03. The van der Waals surface area contributed by atoms with Crippen molar-refractivity contribution in [3.63, 3.8) is 0 Å². The number of allylic oxidation sites excluding steroid dienone is 2. The molecule has 4 rings (SSSR count). The summed E-state index contributed by atoms with van der Waals surface area (Å²) in [6.45, 7) is 4.21. The number of para-hydroxylation sites is 1. The second-order valence-corrected chi connectivity index (χ2v) is 7.25. The fourth-order valence-corrected chi connectivity index (χ4v) is 4.59. The fourth-order valence-electron chi connectivity index (χ4n) is 3.96. The molecule has 3 atom stereocenters. The predicted octanol–water partition coefficient (Wildman–Crippen LogP) is 6.38. The lowest BCUT2D eigenvalue weighted by Gasteiger charge is -2.38. The van der Waals surface area contributed by atoms with Crippen molar-refractivity contribution in [2.24, 2.45) is 5.92 Å². The van der Waals surface area contributed by atoms with Gasteiger partial charge in [0.2, 0.25) is 0 Å². The summed E-state index contributed by atoms with van der Waals surface area (Å²) in [6, 6.07) is 11.9. The molecule has 128 valence electrons. The van der Waals surface area contributed by atoms with E-state index in [-0.39, 0.29) is 6.04 Å². The van der Waals surface area contributed by atoms with Crippen molar-refractivity contribution in [2.45, 2.75) is 18.4 Å². The molecule has 25 heavy (non-hydrogen) atoms. The van der Waals surface area contributed by atoms with Crippen LogP contribution in [0, 0.1) is 5.92 Å². The summed E-state index contributed by atoms with van der Waals surface area (Å²) < 4.78 is 5.88. The smallest absolute Gasteiger partial charge is 0.143 e. The first-order chi connectivity index (χ1) is 12.2. The van der Waals surface area contributed by atoms with Crippen molar-refractivity contribution >= 4 is 28.9 Å². The maximum absolute atomic E-state index is 6.51. The standard InChI is InChI=1S/C21H19Cl2NO/c1-2-12-25-18-11-4-8-14-13-6-3-7-15(13)21(24-20(14)18)19-16(22)9-5-10-17(19)23/h2-6,8-11,13,15,21,24H,1,7,12H2. The van der Waals surface area contributed by atoms with Gasteiger partial charge in [-0.2, -0.15) is 0 Å². The summed E-state index contributed by atoms with van der Waals surface area (Å²) in [5.74, 6) is 1.56. The van der Waals surface area contributed by atoms with E-state index in [4.69, 9.17) is 27.9 Å². The number of ether oxygens (including phenoxy) is 1. The molecule has 2 aromatic rings. The Morgan fingerprint density at radius 1 is 1.16 bits per heavy atom. The Balaban J connectivity index is 1.82. The van der Waals surface area contributed by atoms with E-state index in [1.54, 1.807) is 6.08 Å². The molecule has 2 aliphatic rings. The molecule has 0 bridgehead atoms. The van der Waals surface area contributed by atoms with Gasteiger partial charge in [-0.1, -0.05) is 66.2 Å². The largest absolute Gasteiger partial charge is 0.487 e. The Morgan fingerprint density at radius 3 is 2.68 bits per heavy atom. The summed E-state index contributed by atoms with van der Waals surface area (Å²) in [4.78, 5) is 0.